The van der Waals surface area contributed by atoms with E-state index >= 15 is 0 Å². The molecule has 1 aliphatic carbocycles. The van der Waals surface area contributed by atoms with Crippen LogP contribution in [0.4, 0.5) is 0 Å². The van der Waals surface area contributed by atoms with Gasteiger partial charge in [0.15, 0.2) is 0 Å². The number of nitrogens with two attached hydrogens (primary N) is 1. The Morgan fingerprint density at radius 2 is 2.15 bits per heavy atom. The topological polar surface area (TPSA) is 68.5 Å². The Balaban J connectivity index is 1.99. The second-order valence-corrected chi connectivity index (χ2v) is 5.17. The van der Waals surface area contributed by atoms with Crippen LogP contribution in [-0.2, 0) is 0 Å². The van der Waals surface area contributed by atoms with E-state index in [1.165, 1.54) is 0 Å². The average Bonchev–Trinajstić information content (AvgIpc) is 2.44. The summed E-state index contributed by atoms with van der Waals surface area (Å²) in [5, 5.41) is 0. The first-order valence-corrected chi connectivity index (χ1v) is 7.29. The Morgan fingerprint density at radius 3 is 2.75 bits per heavy atom. The fraction of sp³-hybridized carbons (Fsp3) is 0.600. The number of ether oxygens (including phenoxy) is 1. The van der Waals surface area contributed by atoms with Gasteiger partial charge in [-0.15, -0.1) is 0 Å². The van der Waals surface area contributed by atoms with Gasteiger partial charge < -0.3 is 15.4 Å². The Kier molecular flexibility index (Phi) is 4.95. The van der Waals surface area contributed by atoms with E-state index in [9.17, 15) is 4.79 Å². The molecule has 1 saturated carbocycles. The number of carbonyl (C=O) groups is 1. The average molecular weight is 277 g/mol. The molecule has 0 radical (unpaired) electrons. The van der Waals surface area contributed by atoms with Gasteiger partial charge in [0.2, 0.25) is 0 Å². The number of pyridine rings is 1. The molecule has 5 heteroatoms. The fourth-order valence-electron chi connectivity index (χ4n) is 2.43. The van der Waals surface area contributed by atoms with Gasteiger partial charge in [0, 0.05) is 25.4 Å². The quantitative estimate of drug-likeness (QED) is 0.859. The van der Waals surface area contributed by atoms with Crippen molar-refractivity contribution in [1.29, 1.82) is 0 Å². The van der Waals surface area contributed by atoms with E-state index in [-0.39, 0.29) is 12.0 Å². The number of hydrogen-bond acceptors (Lipinski definition) is 4. The van der Waals surface area contributed by atoms with Crippen LogP contribution in [0.25, 0.3) is 0 Å². The Bertz CT molecular complexity index is 454. The molecule has 1 aromatic heterocycles. The smallest absolute Gasteiger partial charge is 0.272 e. The Labute approximate surface area is 120 Å². The van der Waals surface area contributed by atoms with E-state index in [4.69, 9.17) is 10.5 Å². The summed E-state index contributed by atoms with van der Waals surface area (Å²) in [5.74, 6) is 1.25. The minimum absolute atomic E-state index is 0.0473. The summed E-state index contributed by atoms with van der Waals surface area (Å²) in [6.07, 6.45) is 3.85. The maximum Gasteiger partial charge on any atom is 0.272 e. The molecule has 2 rings (SSSR count). The van der Waals surface area contributed by atoms with Crippen LogP contribution in [-0.4, -0.2) is 41.5 Å². The molecule has 0 aliphatic heterocycles. The lowest BCUT2D eigenvalue weighted by atomic mass is 9.82. The number of amides is 1. The molecule has 110 valence electrons. The summed E-state index contributed by atoms with van der Waals surface area (Å²) in [4.78, 5) is 18.1. The molecule has 0 aromatic carbocycles. The lowest BCUT2D eigenvalue weighted by Crippen LogP contribution is -2.37. The lowest BCUT2D eigenvalue weighted by Gasteiger charge is -2.34. The third kappa shape index (κ3) is 3.28. The second kappa shape index (κ2) is 6.70. The molecular weight excluding hydrogens is 254 g/mol. The zero-order valence-corrected chi connectivity index (χ0v) is 12.2. The standard InChI is InChI=1S/C15H23N3O2/c1-3-18(4-2)15(19)14-9-12(5-6-17-14)20-13-7-11(8-13)10-16/h5-6,9,11,13H,3-4,7-8,10,16H2,1-2H3. The predicted molar refractivity (Wildman–Crippen MR) is 77.7 cm³/mol. The zero-order valence-electron chi connectivity index (χ0n) is 12.2. The summed E-state index contributed by atoms with van der Waals surface area (Å²) in [5.41, 5.74) is 6.05. The normalized spacial score (nSPS) is 21.1. The lowest BCUT2D eigenvalue weighted by molar-refractivity contribution is 0.0679. The van der Waals surface area contributed by atoms with Crippen molar-refractivity contribution in [2.45, 2.75) is 32.8 Å². The van der Waals surface area contributed by atoms with Crippen LogP contribution >= 0.6 is 0 Å². The van der Waals surface area contributed by atoms with E-state index in [0.717, 1.165) is 25.1 Å². The number of nitrogens with zero attached hydrogens (tertiary/aromatic N) is 2. The van der Waals surface area contributed by atoms with Crippen LogP contribution in [0.1, 0.15) is 37.2 Å². The molecule has 0 saturated heterocycles. The summed E-state index contributed by atoms with van der Waals surface area (Å²) in [6.45, 7) is 6.01. The van der Waals surface area contributed by atoms with E-state index in [1.54, 1.807) is 23.2 Å². The third-order valence-corrected chi connectivity index (χ3v) is 3.83. The molecule has 1 aromatic rings. The molecule has 0 unspecified atom stereocenters. The number of rotatable bonds is 6. The van der Waals surface area contributed by atoms with Crippen molar-refractivity contribution < 1.29 is 9.53 Å². The van der Waals surface area contributed by atoms with Crippen molar-refractivity contribution >= 4 is 5.91 Å². The molecule has 1 amide bonds. The molecular formula is C15H23N3O2. The monoisotopic (exact) mass is 277 g/mol. The third-order valence-electron chi connectivity index (χ3n) is 3.83. The van der Waals surface area contributed by atoms with Crippen LogP contribution in [0, 0.1) is 5.92 Å². The first-order chi connectivity index (χ1) is 9.67. The first kappa shape index (κ1) is 14.8. The summed E-state index contributed by atoms with van der Waals surface area (Å²) in [6, 6.07) is 3.53. The minimum atomic E-state index is -0.0473. The van der Waals surface area contributed by atoms with Gasteiger partial charge in [-0.3, -0.25) is 9.78 Å². The molecule has 0 spiro atoms. The molecule has 20 heavy (non-hydrogen) atoms. The highest BCUT2D eigenvalue weighted by Gasteiger charge is 2.29. The van der Waals surface area contributed by atoms with E-state index in [0.29, 0.717) is 24.7 Å². The second-order valence-electron chi connectivity index (χ2n) is 5.17. The summed E-state index contributed by atoms with van der Waals surface area (Å²) < 4.78 is 5.85. The van der Waals surface area contributed by atoms with Crippen LogP contribution in [0.5, 0.6) is 5.75 Å². The molecule has 2 N–H and O–H groups in total. The van der Waals surface area contributed by atoms with Crippen molar-refractivity contribution in [3.8, 4) is 5.75 Å². The van der Waals surface area contributed by atoms with Gasteiger partial charge >= 0.3 is 0 Å². The highest BCUT2D eigenvalue weighted by molar-refractivity contribution is 5.92. The number of aromatic nitrogens is 1. The fourth-order valence-corrected chi connectivity index (χ4v) is 2.43. The Hall–Kier alpha value is -1.62. The van der Waals surface area contributed by atoms with Crippen LogP contribution in [0.3, 0.4) is 0 Å². The van der Waals surface area contributed by atoms with Gasteiger partial charge in [-0.05, 0) is 45.2 Å². The van der Waals surface area contributed by atoms with Crippen LogP contribution in [0.2, 0.25) is 0 Å². The molecule has 1 aliphatic rings. The maximum absolute atomic E-state index is 12.2. The summed E-state index contributed by atoms with van der Waals surface area (Å²) in [7, 11) is 0. The Morgan fingerprint density at radius 1 is 1.45 bits per heavy atom. The van der Waals surface area contributed by atoms with Gasteiger partial charge in [-0.25, -0.2) is 0 Å². The van der Waals surface area contributed by atoms with Gasteiger partial charge in [0.05, 0.1) is 6.10 Å². The van der Waals surface area contributed by atoms with Crippen molar-refractivity contribution in [3.63, 3.8) is 0 Å². The highest BCUT2D eigenvalue weighted by Crippen LogP contribution is 2.30. The van der Waals surface area contributed by atoms with E-state index < -0.39 is 0 Å². The van der Waals surface area contributed by atoms with Gasteiger partial charge in [0.1, 0.15) is 11.4 Å². The van der Waals surface area contributed by atoms with Crippen molar-refractivity contribution in [1.82, 2.24) is 9.88 Å². The van der Waals surface area contributed by atoms with E-state index in [2.05, 4.69) is 4.98 Å². The molecule has 0 atom stereocenters. The molecule has 0 bridgehead atoms. The van der Waals surface area contributed by atoms with Gasteiger partial charge in [0.25, 0.3) is 5.91 Å². The van der Waals surface area contributed by atoms with Crippen LogP contribution in [0.15, 0.2) is 18.3 Å². The van der Waals surface area contributed by atoms with Crippen molar-refractivity contribution in [2.75, 3.05) is 19.6 Å². The van der Waals surface area contributed by atoms with Gasteiger partial charge in [-0.1, -0.05) is 0 Å². The largest absolute Gasteiger partial charge is 0.490 e. The van der Waals surface area contributed by atoms with E-state index in [1.807, 2.05) is 13.8 Å². The summed E-state index contributed by atoms with van der Waals surface area (Å²) >= 11 is 0. The maximum atomic E-state index is 12.2. The van der Waals surface area contributed by atoms with Crippen molar-refractivity contribution in [3.05, 3.63) is 24.0 Å². The SMILES string of the molecule is CCN(CC)C(=O)c1cc(OC2CC(CN)C2)ccn1. The molecule has 5 nitrogen and oxygen atoms in total. The number of hydrogen-bond donors (Lipinski definition) is 1. The zero-order chi connectivity index (χ0) is 14.5. The first-order valence-electron chi connectivity index (χ1n) is 7.29. The van der Waals surface area contributed by atoms with Crippen LogP contribution < -0.4 is 10.5 Å². The molecule has 1 fully saturated rings. The minimum Gasteiger partial charge on any atom is -0.490 e. The number of carbonyl (C=O) groups excluding carboxylic acids is 1. The molecule has 1 heterocycles. The highest BCUT2D eigenvalue weighted by atomic mass is 16.5. The predicted octanol–water partition coefficient (Wildman–Crippen LogP) is 1.68. The van der Waals surface area contributed by atoms with Crippen molar-refractivity contribution in [2.24, 2.45) is 11.7 Å². The van der Waals surface area contributed by atoms with Gasteiger partial charge in [-0.2, -0.15) is 0 Å².